The predicted molar refractivity (Wildman–Crippen MR) is 68.0 cm³/mol. The molecule has 0 saturated carbocycles. The average Bonchev–Trinajstić information content (AvgIpc) is 2.24. The summed E-state index contributed by atoms with van der Waals surface area (Å²) in [6.45, 7) is 6.43. The van der Waals surface area contributed by atoms with Crippen molar-refractivity contribution >= 4 is 11.6 Å². The first kappa shape index (κ1) is 12.8. The molecule has 1 aromatic carbocycles. The van der Waals surface area contributed by atoms with Gasteiger partial charge in [-0.2, -0.15) is 0 Å². The van der Waals surface area contributed by atoms with E-state index in [2.05, 4.69) is 5.32 Å². The molecule has 4 heteroatoms. The van der Waals surface area contributed by atoms with E-state index in [-0.39, 0.29) is 11.6 Å². The second-order valence-electron chi connectivity index (χ2n) is 5.25. The summed E-state index contributed by atoms with van der Waals surface area (Å²) in [6.07, 6.45) is 0. The quantitative estimate of drug-likeness (QED) is 0.809. The van der Waals surface area contributed by atoms with E-state index >= 15 is 0 Å². The average molecular weight is 256 g/mol. The number of hydrogen-bond acceptors (Lipinski definition) is 3. The Morgan fingerprint density at radius 2 is 2.18 bits per heavy atom. The molecule has 0 amide bonds. The lowest BCUT2D eigenvalue weighted by molar-refractivity contribution is -0.263. The van der Waals surface area contributed by atoms with Crippen molar-refractivity contribution in [2.24, 2.45) is 0 Å². The van der Waals surface area contributed by atoms with Crippen molar-refractivity contribution in [1.29, 1.82) is 0 Å². The number of halogens is 1. The van der Waals surface area contributed by atoms with E-state index in [1.54, 1.807) is 12.1 Å². The fourth-order valence-corrected chi connectivity index (χ4v) is 2.38. The van der Waals surface area contributed by atoms with Crippen LogP contribution in [0.25, 0.3) is 0 Å². The predicted octanol–water partition coefficient (Wildman–Crippen LogP) is 2.27. The second kappa shape index (κ2) is 4.25. The van der Waals surface area contributed by atoms with Crippen molar-refractivity contribution in [1.82, 2.24) is 5.32 Å². The maximum absolute atomic E-state index is 10.6. The van der Waals surface area contributed by atoms with E-state index in [1.807, 2.05) is 32.9 Å². The Kier molecular flexibility index (Phi) is 3.21. The number of hydrogen-bond donors (Lipinski definition) is 2. The van der Waals surface area contributed by atoms with Gasteiger partial charge in [0.2, 0.25) is 5.79 Å². The highest BCUT2D eigenvalue weighted by molar-refractivity contribution is 6.30. The Bertz CT molecular complexity index is 422. The van der Waals surface area contributed by atoms with Gasteiger partial charge in [-0.3, -0.25) is 0 Å². The molecular formula is C13H18ClNO2. The Hall–Kier alpha value is -0.610. The van der Waals surface area contributed by atoms with Gasteiger partial charge in [0, 0.05) is 16.1 Å². The van der Waals surface area contributed by atoms with Gasteiger partial charge >= 0.3 is 0 Å². The molecule has 3 nitrogen and oxygen atoms in total. The van der Waals surface area contributed by atoms with Crippen molar-refractivity contribution in [2.45, 2.75) is 38.1 Å². The fraction of sp³-hybridized carbons (Fsp3) is 0.538. The smallest absolute Gasteiger partial charge is 0.208 e. The van der Waals surface area contributed by atoms with Gasteiger partial charge in [-0.15, -0.1) is 0 Å². The molecule has 94 valence electrons. The molecule has 1 fully saturated rings. The first-order valence-corrected chi connectivity index (χ1v) is 6.11. The van der Waals surface area contributed by atoms with E-state index in [1.165, 1.54) is 0 Å². The van der Waals surface area contributed by atoms with Gasteiger partial charge in [-0.25, -0.2) is 0 Å². The summed E-state index contributed by atoms with van der Waals surface area (Å²) in [7, 11) is 0. The minimum atomic E-state index is -1.32. The molecule has 2 rings (SSSR count). The van der Waals surface area contributed by atoms with Crippen LogP contribution in [0.2, 0.25) is 5.02 Å². The van der Waals surface area contributed by atoms with E-state index in [4.69, 9.17) is 16.3 Å². The fourth-order valence-electron chi connectivity index (χ4n) is 2.19. The summed E-state index contributed by atoms with van der Waals surface area (Å²) in [4.78, 5) is 0. The summed E-state index contributed by atoms with van der Waals surface area (Å²) in [5.74, 6) is -1.32. The zero-order valence-corrected chi connectivity index (χ0v) is 11.1. The van der Waals surface area contributed by atoms with Crippen LogP contribution in [0, 0.1) is 0 Å². The minimum Gasteiger partial charge on any atom is -0.361 e. The number of aliphatic hydroxyl groups is 1. The Labute approximate surface area is 107 Å². The van der Waals surface area contributed by atoms with Crippen LogP contribution in [-0.2, 0) is 10.5 Å². The van der Waals surface area contributed by atoms with Crippen LogP contribution in [0.15, 0.2) is 24.3 Å². The van der Waals surface area contributed by atoms with Crippen LogP contribution in [-0.4, -0.2) is 23.3 Å². The maximum atomic E-state index is 10.6. The third kappa shape index (κ3) is 2.47. The molecule has 0 spiro atoms. The lowest BCUT2D eigenvalue weighted by atomic mass is 9.93. The number of morpholine rings is 1. The molecule has 1 aliphatic rings. The van der Waals surface area contributed by atoms with Crippen LogP contribution in [0.5, 0.6) is 0 Å². The van der Waals surface area contributed by atoms with Gasteiger partial charge in [0.25, 0.3) is 0 Å². The topological polar surface area (TPSA) is 41.5 Å². The van der Waals surface area contributed by atoms with Crippen LogP contribution in [0.4, 0.5) is 0 Å². The van der Waals surface area contributed by atoms with Gasteiger partial charge in [-0.1, -0.05) is 23.7 Å². The molecule has 0 aliphatic carbocycles. The highest BCUT2D eigenvalue weighted by Crippen LogP contribution is 2.33. The van der Waals surface area contributed by atoms with Crippen molar-refractivity contribution in [2.75, 3.05) is 6.61 Å². The SMILES string of the molecule is C[C@@H]1NC(C)(C)COC1(O)c1cccc(Cl)c1. The summed E-state index contributed by atoms with van der Waals surface area (Å²) < 4.78 is 5.67. The molecule has 0 aromatic heterocycles. The molecule has 1 unspecified atom stereocenters. The first-order valence-electron chi connectivity index (χ1n) is 5.74. The van der Waals surface area contributed by atoms with Gasteiger partial charge in [0.1, 0.15) is 0 Å². The number of nitrogens with one attached hydrogen (secondary N) is 1. The highest BCUT2D eigenvalue weighted by atomic mass is 35.5. The van der Waals surface area contributed by atoms with Gasteiger partial charge in [0.05, 0.1) is 12.6 Å². The number of rotatable bonds is 1. The largest absolute Gasteiger partial charge is 0.361 e. The van der Waals surface area contributed by atoms with Crippen molar-refractivity contribution in [3.8, 4) is 0 Å². The molecular weight excluding hydrogens is 238 g/mol. The molecule has 1 saturated heterocycles. The van der Waals surface area contributed by atoms with Crippen molar-refractivity contribution < 1.29 is 9.84 Å². The van der Waals surface area contributed by atoms with E-state index in [9.17, 15) is 5.11 Å². The zero-order chi connectivity index (χ0) is 12.7. The van der Waals surface area contributed by atoms with E-state index in [0.717, 1.165) is 0 Å². The Morgan fingerprint density at radius 1 is 1.47 bits per heavy atom. The lowest BCUT2D eigenvalue weighted by Crippen LogP contribution is -2.63. The molecule has 0 radical (unpaired) electrons. The number of ether oxygens (including phenoxy) is 1. The lowest BCUT2D eigenvalue weighted by Gasteiger charge is -2.46. The molecule has 1 heterocycles. The highest BCUT2D eigenvalue weighted by Gasteiger charge is 2.44. The van der Waals surface area contributed by atoms with Crippen molar-refractivity contribution in [3.63, 3.8) is 0 Å². The third-order valence-corrected chi connectivity index (χ3v) is 3.32. The third-order valence-electron chi connectivity index (χ3n) is 3.09. The Balaban J connectivity index is 2.31. The molecule has 17 heavy (non-hydrogen) atoms. The summed E-state index contributed by atoms with van der Waals surface area (Å²) in [5, 5.41) is 14.6. The summed E-state index contributed by atoms with van der Waals surface area (Å²) >= 11 is 5.94. The second-order valence-corrected chi connectivity index (χ2v) is 5.68. The maximum Gasteiger partial charge on any atom is 0.208 e. The van der Waals surface area contributed by atoms with Gasteiger partial charge in [0.15, 0.2) is 0 Å². The van der Waals surface area contributed by atoms with Gasteiger partial charge < -0.3 is 15.2 Å². The van der Waals surface area contributed by atoms with Crippen LogP contribution >= 0.6 is 11.6 Å². The summed E-state index contributed by atoms with van der Waals surface area (Å²) in [6, 6.07) is 6.94. The van der Waals surface area contributed by atoms with Crippen LogP contribution in [0.3, 0.4) is 0 Å². The monoisotopic (exact) mass is 255 g/mol. The van der Waals surface area contributed by atoms with E-state index < -0.39 is 5.79 Å². The summed E-state index contributed by atoms with van der Waals surface area (Å²) in [5.41, 5.74) is 0.546. The number of benzene rings is 1. The Morgan fingerprint density at radius 3 is 2.76 bits per heavy atom. The standard InChI is InChI=1S/C13H18ClNO2/c1-9-13(16,17-8-12(2,3)15-9)10-5-4-6-11(14)7-10/h4-7,9,15-16H,8H2,1-3H3/t9-,13?/m0/s1. The molecule has 2 atom stereocenters. The molecule has 1 aliphatic heterocycles. The normalized spacial score (nSPS) is 32.4. The first-order chi connectivity index (χ1) is 7.83. The molecule has 0 bridgehead atoms. The zero-order valence-electron chi connectivity index (χ0n) is 10.3. The van der Waals surface area contributed by atoms with Crippen LogP contribution in [0.1, 0.15) is 26.3 Å². The van der Waals surface area contributed by atoms with E-state index in [0.29, 0.717) is 17.2 Å². The van der Waals surface area contributed by atoms with Crippen LogP contribution < -0.4 is 5.32 Å². The molecule has 2 N–H and O–H groups in total. The minimum absolute atomic E-state index is 0.135. The molecule has 1 aromatic rings. The van der Waals surface area contributed by atoms with Crippen molar-refractivity contribution in [3.05, 3.63) is 34.9 Å². The van der Waals surface area contributed by atoms with Gasteiger partial charge in [-0.05, 0) is 32.9 Å².